The number of hydrogen-bond acceptors (Lipinski definition) is 3. The van der Waals surface area contributed by atoms with Gasteiger partial charge in [0.05, 0.1) is 11.4 Å². The first-order valence-electron chi connectivity index (χ1n) is 6.60. The van der Waals surface area contributed by atoms with Crippen molar-refractivity contribution < 1.29 is 14.6 Å². The van der Waals surface area contributed by atoms with Gasteiger partial charge in [-0.05, 0) is 31.0 Å². The van der Waals surface area contributed by atoms with Gasteiger partial charge in [-0.25, -0.2) is 0 Å². The van der Waals surface area contributed by atoms with E-state index < -0.39 is 5.97 Å². The van der Waals surface area contributed by atoms with Crippen LogP contribution in [0.1, 0.15) is 19.3 Å². The summed E-state index contributed by atoms with van der Waals surface area (Å²) in [6.07, 6.45) is 2.45. The van der Waals surface area contributed by atoms with Crippen molar-refractivity contribution in [3.8, 4) is 5.75 Å². The molecule has 20 heavy (non-hydrogen) atoms. The first-order chi connectivity index (χ1) is 9.56. The van der Waals surface area contributed by atoms with Gasteiger partial charge in [0.15, 0.2) is 0 Å². The molecule has 110 valence electrons. The maximum Gasteiger partial charge on any atom is 0.304 e. The number of ether oxygens (including phenoxy) is 1. The molecule has 1 N–H and O–H groups in total. The fraction of sp³-hybridized carbons (Fsp3) is 0.500. The molecule has 0 amide bonds. The second-order valence-corrected chi connectivity index (χ2v) is 5.68. The minimum Gasteiger partial charge on any atom is -0.491 e. The molecule has 4 nitrogen and oxygen atoms in total. The molecular weight excluding hydrogens is 301 g/mol. The van der Waals surface area contributed by atoms with Crippen molar-refractivity contribution in [2.24, 2.45) is 0 Å². The van der Waals surface area contributed by atoms with Gasteiger partial charge in [-0.2, -0.15) is 0 Å². The van der Waals surface area contributed by atoms with E-state index in [1.54, 1.807) is 18.2 Å². The van der Waals surface area contributed by atoms with E-state index in [2.05, 4.69) is 4.90 Å². The predicted molar refractivity (Wildman–Crippen MR) is 78.8 cm³/mol. The predicted octanol–water partition coefficient (Wildman–Crippen LogP) is 3.31. The van der Waals surface area contributed by atoms with Gasteiger partial charge in [-0.3, -0.25) is 9.69 Å². The van der Waals surface area contributed by atoms with Gasteiger partial charge in [0.1, 0.15) is 12.4 Å². The van der Waals surface area contributed by atoms with E-state index in [1.807, 2.05) is 0 Å². The van der Waals surface area contributed by atoms with Crippen LogP contribution in [-0.4, -0.2) is 41.7 Å². The molecule has 0 aliphatic heterocycles. The zero-order valence-electron chi connectivity index (χ0n) is 11.0. The van der Waals surface area contributed by atoms with Gasteiger partial charge in [0, 0.05) is 24.2 Å². The molecule has 0 aromatic heterocycles. The third-order valence-electron chi connectivity index (χ3n) is 3.21. The van der Waals surface area contributed by atoms with E-state index in [0.29, 0.717) is 41.5 Å². The van der Waals surface area contributed by atoms with Gasteiger partial charge in [-0.15, -0.1) is 0 Å². The van der Waals surface area contributed by atoms with Crippen molar-refractivity contribution in [2.75, 3.05) is 19.7 Å². The third kappa shape index (κ3) is 4.85. The Bertz CT molecular complexity index is 477. The lowest BCUT2D eigenvalue weighted by Crippen LogP contribution is -2.32. The summed E-state index contributed by atoms with van der Waals surface area (Å²) in [6, 6.07) is 5.62. The SMILES string of the molecule is O=C(O)CCN(CCOc1ccc(Cl)cc1Cl)C1CC1. The summed E-state index contributed by atoms with van der Waals surface area (Å²) in [5.41, 5.74) is 0. The van der Waals surface area contributed by atoms with E-state index in [1.165, 1.54) is 0 Å². The highest BCUT2D eigenvalue weighted by Crippen LogP contribution is 2.29. The molecule has 0 bridgehead atoms. The van der Waals surface area contributed by atoms with Crippen LogP contribution in [0.4, 0.5) is 0 Å². The zero-order chi connectivity index (χ0) is 14.5. The van der Waals surface area contributed by atoms with E-state index in [-0.39, 0.29) is 6.42 Å². The minimum absolute atomic E-state index is 0.165. The van der Waals surface area contributed by atoms with E-state index in [4.69, 9.17) is 33.0 Å². The molecule has 0 saturated heterocycles. The van der Waals surface area contributed by atoms with Crippen LogP contribution in [-0.2, 0) is 4.79 Å². The fourth-order valence-electron chi connectivity index (χ4n) is 2.02. The molecule has 1 fully saturated rings. The van der Waals surface area contributed by atoms with Gasteiger partial charge >= 0.3 is 5.97 Å². The zero-order valence-corrected chi connectivity index (χ0v) is 12.5. The number of rotatable bonds is 8. The molecule has 0 unspecified atom stereocenters. The molecule has 0 atom stereocenters. The van der Waals surface area contributed by atoms with Crippen LogP contribution in [0.15, 0.2) is 18.2 Å². The standard InChI is InChI=1S/C14H17Cl2NO3/c15-10-1-4-13(12(16)9-10)20-8-7-17(11-2-3-11)6-5-14(18)19/h1,4,9,11H,2-3,5-8H2,(H,18,19). The van der Waals surface area contributed by atoms with E-state index in [9.17, 15) is 4.79 Å². The number of nitrogens with zero attached hydrogens (tertiary/aromatic N) is 1. The Morgan fingerprint density at radius 1 is 1.35 bits per heavy atom. The molecule has 1 aliphatic carbocycles. The molecule has 2 rings (SSSR count). The van der Waals surface area contributed by atoms with Gasteiger partial charge in [-0.1, -0.05) is 23.2 Å². The topological polar surface area (TPSA) is 49.8 Å². The van der Waals surface area contributed by atoms with Crippen molar-refractivity contribution in [2.45, 2.75) is 25.3 Å². The van der Waals surface area contributed by atoms with Crippen LogP contribution in [0, 0.1) is 0 Å². The summed E-state index contributed by atoms with van der Waals surface area (Å²) in [5.74, 6) is -0.164. The highest BCUT2D eigenvalue weighted by atomic mass is 35.5. The largest absolute Gasteiger partial charge is 0.491 e. The maximum atomic E-state index is 10.6. The lowest BCUT2D eigenvalue weighted by atomic mass is 10.3. The van der Waals surface area contributed by atoms with Crippen LogP contribution in [0.3, 0.4) is 0 Å². The summed E-state index contributed by atoms with van der Waals surface area (Å²) in [5, 5.41) is 9.80. The smallest absolute Gasteiger partial charge is 0.304 e. The first-order valence-corrected chi connectivity index (χ1v) is 7.35. The molecule has 0 spiro atoms. The van der Waals surface area contributed by atoms with Crippen LogP contribution < -0.4 is 4.74 Å². The summed E-state index contributed by atoms with van der Waals surface area (Å²) < 4.78 is 5.63. The maximum absolute atomic E-state index is 10.6. The summed E-state index contributed by atoms with van der Waals surface area (Å²) in [6.45, 7) is 1.76. The minimum atomic E-state index is -0.766. The number of aliphatic carboxylic acids is 1. The number of benzene rings is 1. The molecular formula is C14H17Cl2NO3. The van der Waals surface area contributed by atoms with Crippen LogP contribution >= 0.6 is 23.2 Å². The highest BCUT2D eigenvalue weighted by Gasteiger charge is 2.28. The van der Waals surface area contributed by atoms with Crippen LogP contribution in [0.2, 0.25) is 10.0 Å². The number of carboxylic acids is 1. The Morgan fingerprint density at radius 3 is 2.70 bits per heavy atom. The number of carboxylic acid groups (broad SMARTS) is 1. The summed E-state index contributed by atoms with van der Waals surface area (Å²) >= 11 is 11.8. The Morgan fingerprint density at radius 2 is 2.10 bits per heavy atom. The van der Waals surface area contributed by atoms with Crippen LogP contribution in [0.5, 0.6) is 5.75 Å². The van der Waals surface area contributed by atoms with Gasteiger partial charge < -0.3 is 9.84 Å². The van der Waals surface area contributed by atoms with E-state index >= 15 is 0 Å². The van der Waals surface area contributed by atoms with Gasteiger partial charge in [0.2, 0.25) is 0 Å². The lowest BCUT2D eigenvalue weighted by Gasteiger charge is -2.21. The quantitative estimate of drug-likeness (QED) is 0.799. The molecule has 0 heterocycles. The van der Waals surface area contributed by atoms with E-state index in [0.717, 1.165) is 12.8 Å². The molecule has 6 heteroatoms. The fourth-order valence-corrected chi connectivity index (χ4v) is 2.48. The Hall–Kier alpha value is -0.970. The highest BCUT2D eigenvalue weighted by molar-refractivity contribution is 6.35. The molecule has 0 radical (unpaired) electrons. The Kier molecular flexibility index (Phi) is 5.52. The second kappa shape index (κ2) is 7.16. The molecule has 1 saturated carbocycles. The number of hydrogen-bond donors (Lipinski definition) is 1. The van der Waals surface area contributed by atoms with Gasteiger partial charge in [0.25, 0.3) is 0 Å². The van der Waals surface area contributed by atoms with Crippen LogP contribution in [0.25, 0.3) is 0 Å². The Balaban J connectivity index is 1.79. The summed E-state index contributed by atoms with van der Waals surface area (Å²) in [7, 11) is 0. The average Bonchev–Trinajstić information content (AvgIpc) is 3.19. The third-order valence-corrected chi connectivity index (χ3v) is 3.74. The Labute approximate surface area is 128 Å². The molecule has 1 aromatic carbocycles. The first kappa shape index (κ1) is 15.4. The normalized spacial score (nSPS) is 14.6. The van der Waals surface area contributed by atoms with Crippen molar-refractivity contribution in [1.82, 2.24) is 4.90 Å². The summed E-state index contributed by atoms with van der Waals surface area (Å²) in [4.78, 5) is 12.8. The number of halogens is 2. The average molecular weight is 318 g/mol. The lowest BCUT2D eigenvalue weighted by molar-refractivity contribution is -0.137. The van der Waals surface area contributed by atoms with Crippen molar-refractivity contribution in [3.05, 3.63) is 28.2 Å². The van der Waals surface area contributed by atoms with Crippen molar-refractivity contribution >= 4 is 29.2 Å². The van der Waals surface area contributed by atoms with Crippen molar-refractivity contribution in [3.63, 3.8) is 0 Å². The van der Waals surface area contributed by atoms with Crippen molar-refractivity contribution in [1.29, 1.82) is 0 Å². The molecule has 1 aromatic rings. The number of carbonyl (C=O) groups is 1. The monoisotopic (exact) mass is 317 g/mol. The molecule has 1 aliphatic rings. The second-order valence-electron chi connectivity index (χ2n) is 4.83.